The highest BCUT2D eigenvalue weighted by Gasteiger charge is 2.21. The van der Waals surface area contributed by atoms with Crippen LogP contribution in [0, 0.1) is 13.5 Å². The number of hydrogen-bond donors (Lipinski definition) is 0. The van der Waals surface area contributed by atoms with Crippen LogP contribution in [0.25, 0.3) is 38.0 Å². The van der Waals surface area contributed by atoms with E-state index in [1.807, 2.05) is 36.7 Å². The zero-order valence-electron chi connectivity index (χ0n) is 18.9. The van der Waals surface area contributed by atoms with Gasteiger partial charge in [-0.2, -0.15) is 0 Å². The molecule has 2 aromatic heterocycles. The van der Waals surface area contributed by atoms with Gasteiger partial charge < -0.3 is 4.42 Å². The molecule has 0 N–H and O–H groups in total. The number of benzene rings is 2. The van der Waals surface area contributed by atoms with Crippen molar-refractivity contribution >= 4 is 27.6 Å². The fraction of sp³-hybridized carbons (Fsp3) is 0.217. The first-order valence-corrected chi connectivity index (χ1v) is 8.38. The van der Waals surface area contributed by atoms with Gasteiger partial charge in [-0.3, -0.25) is 0 Å². The van der Waals surface area contributed by atoms with Crippen LogP contribution in [0.1, 0.15) is 36.3 Å². The van der Waals surface area contributed by atoms with Crippen molar-refractivity contribution in [3.63, 3.8) is 0 Å². The molecule has 0 aliphatic carbocycles. The van der Waals surface area contributed by atoms with Gasteiger partial charge in [-0.1, -0.05) is 38.0 Å². The van der Waals surface area contributed by atoms with Crippen molar-refractivity contribution in [1.82, 2.24) is 0 Å². The van der Waals surface area contributed by atoms with Gasteiger partial charge in [0.2, 0.25) is 5.69 Å². The lowest BCUT2D eigenvalue weighted by Crippen LogP contribution is -2.31. The van der Waals surface area contributed by atoms with E-state index in [2.05, 4.69) is 4.85 Å². The molecule has 0 aliphatic rings. The van der Waals surface area contributed by atoms with Crippen molar-refractivity contribution in [3.8, 4) is 11.3 Å². The van der Waals surface area contributed by atoms with E-state index in [1.54, 1.807) is 30.5 Å². The summed E-state index contributed by atoms with van der Waals surface area (Å²) in [7, 11) is 1.88. The van der Waals surface area contributed by atoms with Crippen molar-refractivity contribution in [2.24, 2.45) is 7.05 Å². The van der Waals surface area contributed by atoms with Crippen molar-refractivity contribution in [2.45, 2.75) is 26.6 Å². The molecule has 0 amide bonds. The van der Waals surface area contributed by atoms with Crippen LogP contribution >= 0.6 is 0 Å². The molecular weight excluding hydrogens is 320 g/mol. The standard InChI is InChI=1S/C23H21N2O/c1-14(2)16-10-11-25(5)20(12-16)22-15(3)6-8-19-18-9-7-17(24-4)13-21(18)26-23(19)22/h6-14H,1-3,5H3/q+1/i1D3,14D. The monoisotopic (exact) mass is 345 g/mol. The Bertz CT molecular complexity index is 1340. The fourth-order valence-electron chi connectivity index (χ4n) is 3.37. The molecule has 0 spiro atoms. The summed E-state index contributed by atoms with van der Waals surface area (Å²) in [5, 5.41) is 1.85. The Balaban J connectivity index is 2.03. The van der Waals surface area contributed by atoms with E-state index < -0.39 is 12.7 Å². The molecule has 0 radical (unpaired) electrons. The Kier molecular flexibility index (Phi) is 2.83. The summed E-state index contributed by atoms with van der Waals surface area (Å²) in [5.74, 6) is -1.74. The summed E-state index contributed by atoms with van der Waals surface area (Å²) in [6.07, 6.45) is 1.78. The first-order valence-electron chi connectivity index (χ1n) is 10.4. The summed E-state index contributed by atoms with van der Waals surface area (Å²) in [6.45, 7) is 8.18. The molecule has 4 aromatic rings. The topological polar surface area (TPSA) is 21.4 Å². The predicted octanol–water partition coefficient (Wildman–Crippen LogP) is 6.06. The molecule has 0 aliphatic heterocycles. The molecule has 2 heterocycles. The van der Waals surface area contributed by atoms with E-state index in [0.29, 0.717) is 22.4 Å². The van der Waals surface area contributed by atoms with E-state index in [1.165, 1.54) is 6.92 Å². The van der Waals surface area contributed by atoms with Crippen molar-refractivity contribution in [3.05, 3.63) is 71.2 Å². The Hall–Kier alpha value is -3.12. The molecule has 0 saturated heterocycles. The minimum Gasteiger partial charge on any atom is -0.456 e. The summed E-state index contributed by atoms with van der Waals surface area (Å²) in [4.78, 5) is 3.48. The second kappa shape index (κ2) is 6.00. The Labute approximate surface area is 158 Å². The van der Waals surface area contributed by atoms with Crippen LogP contribution in [0.3, 0.4) is 0 Å². The smallest absolute Gasteiger partial charge is 0.216 e. The van der Waals surface area contributed by atoms with Crippen LogP contribution in [0.2, 0.25) is 0 Å². The lowest BCUT2D eigenvalue weighted by molar-refractivity contribution is -0.660. The summed E-state index contributed by atoms with van der Waals surface area (Å²) >= 11 is 0. The summed E-state index contributed by atoms with van der Waals surface area (Å²) in [5.41, 5.74) is 4.83. The predicted molar refractivity (Wildman–Crippen MR) is 105 cm³/mol. The molecule has 0 bridgehead atoms. The van der Waals surface area contributed by atoms with Crippen LogP contribution in [0.15, 0.2) is 53.1 Å². The molecule has 2 aromatic carbocycles. The summed E-state index contributed by atoms with van der Waals surface area (Å²) in [6, 6.07) is 12.8. The molecule has 3 heteroatoms. The minimum absolute atomic E-state index is 0.415. The van der Waals surface area contributed by atoms with Crippen LogP contribution in [-0.2, 0) is 7.05 Å². The normalized spacial score (nSPS) is 16.4. The first kappa shape index (κ1) is 12.3. The second-order valence-corrected chi connectivity index (χ2v) is 6.57. The van der Waals surface area contributed by atoms with E-state index in [4.69, 9.17) is 16.5 Å². The van der Waals surface area contributed by atoms with Gasteiger partial charge in [-0.05, 0) is 30.0 Å². The van der Waals surface area contributed by atoms with Gasteiger partial charge >= 0.3 is 0 Å². The maximum Gasteiger partial charge on any atom is 0.216 e. The number of fused-ring (bicyclic) bond motifs is 3. The van der Waals surface area contributed by atoms with Gasteiger partial charge in [0.25, 0.3) is 0 Å². The molecule has 4 rings (SSSR count). The van der Waals surface area contributed by atoms with Crippen molar-refractivity contribution in [1.29, 1.82) is 0 Å². The van der Waals surface area contributed by atoms with E-state index >= 15 is 0 Å². The Morgan fingerprint density at radius 2 is 2.00 bits per heavy atom. The third kappa shape index (κ3) is 2.46. The first-order chi connectivity index (χ1) is 14.0. The van der Waals surface area contributed by atoms with Crippen molar-refractivity contribution < 1.29 is 14.5 Å². The maximum atomic E-state index is 8.47. The van der Waals surface area contributed by atoms with Crippen LogP contribution < -0.4 is 4.57 Å². The number of pyridine rings is 1. The zero-order chi connectivity index (χ0) is 21.8. The number of aromatic nitrogens is 1. The van der Waals surface area contributed by atoms with E-state index in [-0.39, 0.29) is 0 Å². The molecule has 1 atom stereocenters. The van der Waals surface area contributed by atoms with Crippen LogP contribution in [0.4, 0.5) is 5.69 Å². The third-order valence-corrected chi connectivity index (χ3v) is 4.80. The number of furan rings is 1. The number of aryl methyl sites for hydroxylation is 2. The van der Waals surface area contributed by atoms with E-state index in [0.717, 1.165) is 27.6 Å². The number of hydrogen-bond acceptors (Lipinski definition) is 1. The zero-order valence-corrected chi connectivity index (χ0v) is 14.9. The number of nitrogens with zero attached hydrogens (tertiary/aromatic N) is 2. The van der Waals surface area contributed by atoms with Gasteiger partial charge in [-0.25, -0.2) is 9.41 Å². The highest BCUT2D eigenvalue weighted by molar-refractivity contribution is 6.10. The Morgan fingerprint density at radius 1 is 1.19 bits per heavy atom. The average Bonchev–Trinajstić information content (AvgIpc) is 3.05. The Morgan fingerprint density at radius 3 is 2.77 bits per heavy atom. The maximum absolute atomic E-state index is 8.47. The molecule has 26 heavy (non-hydrogen) atoms. The SMILES string of the molecule is [2H]C([2H])([2H])C([2H])(C)c1cc[n+](C)c(-c2c(C)ccc3c2oc2cc([N+]#[C-])ccc23)c1. The molecule has 3 nitrogen and oxygen atoms in total. The average molecular weight is 345 g/mol. The molecule has 1 unspecified atom stereocenters. The van der Waals surface area contributed by atoms with Gasteiger partial charge in [0.1, 0.15) is 18.2 Å². The third-order valence-electron chi connectivity index (χ3n) is 4.80. The van der Waals surface area contributed by atoms with Crippen LogP contribution in [-0.4, -0.2) is 0 Å². The molecule has 128 valence electrons. The lowest BCUT2D eigenvalue weighted by atomic mass is 9.97. The largest absolute Gasteiger partial charge is 0.456 e. The van der Waals surface area contributed by atoms with Gasteiger partial charge in [0.05, 0.1) is 12.1 Å². The van der Waals surface area contributed by atoms with Gasteiger partial charge in [0, 0.05) is 28.4 Å². The fourth-order valence-corrected chi connectivity index (χ4v) is 3.37. The summed E-state index contributed by atoms with van der Waals surface area (Å²) < 4.78 is 39.9. The minimum atomic E-state index is -2.46. The lowest BCUT2D eigenvalue weighted by Gasteiger charge is -2.09. The molecular formula is C23H21N2O+. The molecule has 0 saturated carbocycles. The second-order valence-electron chi connectivity index (χ2n) is 6.57. The van der Waals surface area contributed by atoms with Gasteiger partial charge in [-0.15, -0.1) is 0 Å². The quantitative estimate of drug-likeness (QED) is 0.319. The highest BCUT2D eigenvalue weighted by Crippen LogP contribution is 2.38. The highest BCUT2D eigenvalue weighted by atomic mass is 16.3. The number of rotatable bonds is 2. The van der Waals surface area contributed by atoms with Crippen LogP contribution in [0.5, 0.6) is 0 Å². The molecule has 0 fully saturated rings. The van der Waals surface area contributed by atoms with Gasteiger partial charge in [0.15, 0.2) is 11.9 Å². The van der Waals surface area contributed by atoms with E-state index in [9.17, 15) is 0 Å². The van der Waals surface area contributed by atoms with Crippen molar-refractivity contribution in [2.75, 3.05) is 0 Å².